The average Bonchev–Trinajstić information content (AvgIpc) is 3.56. The van der Waals surface area contributed by atoms with E-state index in [1.54, 1.807) is 42.8 Å². The average molecular weight is 478 g/mol. The topological polar surface area (TPSA) is 115 Å². The number of anilines is 2. The van der Waals surface area contributed by atoms with Crippen molar-refractivity contribution in [3.05, 3.63) is 48.7 Å². The largest absolute Gasteiger partial charge is 0.477 e. The third-order valence-electron chi connectivity index (χ3n) is 6.08. The Labute approximate surface area is 202 Å². The molecule has 3 aromatic heterocycles. The molecule has 0 spiro atoms. The zero-order chi connectivity index (χ0) is 23.4. The quantitative estimate of drug-likeness (QED) is 0.433. The van der Waals surface area contributed by atoms with Crippen LogP contribution in [-0.4, -0.2) is 42.7 Å². The van der Waals surface area contributed by atoms with Crippen LogP contribution in [0.3, 0.4) is 0 Å². The summed E-state index contributed by atoms with van der Waals surface area (Å²) >= 11 is 1.66. The summed E-state index contributed by atoms with van der Waals surface area (Å²) in [4.78, 5) is 35.6. The summed E-state index contributed by atoms with van der Waals surface area (Å²) in [6.07, 6.45) is 12.6. The van der Waals surface area contributed by atoms with E-state index in [2.05, 4.69) is 30.0 Å². The Morgan fingerprint density at radius 3 is 2.71 bits per heavy atom. The van der Waals surface area contributed by atoms with Gasteiger partial charge in [-0.1, -0.05) is 12.8 Å². The van der Waals surface area contributed by atoms with Crippen molar-refractivity contribution in [1.82, 2.24) is 24.9 Å². The number of ether oxygens (including phenoxy) is 1. The molecule has 2 fully saturated rings. The zero-order valence-corrected chi connectivity index (χ0v) is 19.8. The summed E-state index contributed by atoms with van der Waals surface area (Å²) in [6, 6.07) is 5.51. The van der Waals surface area contributed by atoms with Crippen LogP contribution in [0.5, 0.6) is 5.88 Å². The summed E-state index contributed by atoms with van der Waals surface area (Å²) in [5, 5.41) is 3.65. The smallest absolute Gasteiger partial charge is 0.237 e. The fourth-order valence-corrected chi connectivity index (χ4v) is 4.88. The Morgan fingerprint density at radius 1 is 1.12 bits per heavy atom. The van der Waals surface area contributed by atoms with Crippen molar-refractivity contribution >= 4 is 29.6 Å². The number of nitrogens with zero attached hydrogens (tertiary/aromatic N) is 5. The normalized spacial score (nSPS) is 16.7. The lowest BCUT2D eigenvalue weighted by molar-refractivity contribution is -0.121. The molecule has 0 saturated heterocycles. The van der Waals surface area contributed by atoms with Gasteiger partial charge in [-0.05, 0) is 62.8 Å². The molecule has 2 aliphatic rings. The maximum Gasteiger partial charge on any atom is 0.237 e. The molecule has 2 N–H and O–H groups in total. The van der Waals surface area contributed by atoms with Crippen LogP contribution >= 0.6 is 11.9 Å². The van der Waals surface area contributed by atoms with Gasteiger partial charge in [0.1, 0.15) is 5.82 Å². The number of hydrogen-bond donors (Lipinski definition) is 2. The van der Waals surface area contributed by atoms with Crippen LogP contribution in [0.1, 0.15) is 51.1 Å². The van der Waals surface area contributed by atoms with Crippen LogP contribution in [-0.2, 0) is 10.2 Å². The minimum absolute atomic E-state index is 0.0807. The number of amides is 1. The van der Waals surface area contributed by atoms with Gasteiger partial charge in [-0.2, -0.15) is 0 Å². The predicted octanol–water partition coefficient (Wildman–Crippen LogP) is 4.40. The number of carbonyl (C=O) groups is 1. The Kier molecular flexibility index (Phi) is 6.57. The number of nitrogens with one attached hydrogen (secondary N) is 2. The van der Waals surface area contributed by atoms with E-state index in [0.29, 0.717) is 35.2 Å². The van der Waals surface area contributed by atoms with Gasteiger partial charge in [0.25, 0.3) is 0 Å². The number of rotatable bonds is 9. The lowest BCUT2D eigenvalue weighted by Crippen LogP contribution is -2.39. The SMILES string of the molecule is CCOc1cncc(-c2ccc(NC(=O)C3(c4ccnc(NSC5CC5)n4)CCCC3)nc2)n1. The highest BCUT2D eigenvalue weighted by atomic mass is 32.2. The van der Waals surface area contributed by atoms with Gasteiger partial charge in [-0.25, -0.2) is 19.9 Å². The van der Waals surface area contributed by atoms with Crippen LogP contribution in [0.15, 0.2) is 43.0 Å². The molecule has 0 radical (unpaired) electrons. The molecule has 0 unspecified atom stereocenters. The van der Waals surface area contributed by atoms with Gasteiger partial charge in [0.15, 0.2) is 0 Å². The number of hydrogen-bond acceptors (Lipinski definition) is 9. The summed E-state index contributed by atoms with van der Waals surface area (Å²) in [6.45, 7) is 2.42. The second-order valence-electron chi connectivity index (χ2n) is 8.54. The molecule has 34 heavy (non-hydrogen) atoms. The summed E-state index contributed by atoms with van der Waals surface area (Å²) in [7, 11) is 0. The van der Waals surface area contributed by atoms with Gasteiger partial charge < -0.3 is 10.1 Å². The van der Waals surface area contributed by atoms with Crippen LogP contribution in [0.25, 0.3) is 11.3 Å². The summed E-state index contributed by atoms with van der Waals surface area (Å²) in [5.74, 6) is 1.44. The highest BCUT2D eigenvalue weighted by Gasteiger charge is 2.44. The number of carbonyl (C=O) groups excluding carboxylic acids is 1. The van der Waals surface area contributed by atoms with E-state index in [9.17, 15) is 4.79 Å². The molecule has 0 aromatic carbocycles. The first-order valence-electron chi connectivity index (χ1n) is 11.6. The van der Waals surface area contributed by atoms with Crippen molar-refractivity contribution in [1.29, 1.82) is 0 Å². The molecular weight excluding hydrogens is 450 g/mol. The van der Waals surface area contributed by atoms with E-state index in [1.165, 1.54) is 12.8 Å². The first-order valence-corrected chi connectivity index (χ1v) is 12.5. The number of aromatic nitrogens is 5. The molecule has 176 valence electrons. The second kappa shape index (κ2) is 9.92. The lowest BCUT2D eigenvalue weighted by Gasteiger charge is -2.27. The minimum Gasteiger partial charge on any atom is -0.477 e. The highest BCUT2D eigenvalue weighted by Crippen LogP contribution is 2.42. The van der Waals surface area contributed by atoms with Gasteiger partial charge in [0, 0.05) is 23.2 Å². The van der Waals surface area contributed by atoms with Gasteiger partial charge in [0.2, 0.25) is 17.7 Å². The summed E-state index contributed by atoms with van der Waals surface area (Å²) in [5.41, 5.74) is 1.54. The predicted molar refractivity (Wildman–Crippen MR) is 131 cm³/mol. The maximum atomic E-state index is 13.5. The molecule has 0 aliphatic heterocycles. The molecule has 9 nitrogen and oxygen atoms in total. The molecular formula is C24H27N7O2S. The van der Waals surface area contributed by atoms with Crippen LogP contribution in [0.4, 0.5) is 11.8 Å². The molecule has 10 heteroatoms. The lowest BCUT2D eigenvalue weighted by atomic mass is 9.81. The van der Waals surface area contributed by atoms with Crippen molar-refractivity contribution in [3.8, 4) is 17.1 Å². The van der Waals surface area contributed by atoms with E-state index >= 15 is 0 Å². The van der Waals surface area contributed by atoms with Crippen molar-refractivity contribution in [2.24, 2.45) is 0 Å². The van der Waals surface area contributed by atoms with Crippen LogP contribution < -0.4 is 14.8 Å². The molecule has 2 saturated carbocycles. The summed E-state index contributed by atoms with van der Waals surface area (Å²) < 4.78 is 8.67. The van der Waals surface area contributed by atoms with Crippen LogP contribution in [0, 0.1) is 0 Å². The van der Waals surface area contributed by atoms with Crippen molar-refractivity contribution in [3.63, 3.8) is 0 Å². The van der Waals surface area contributed by atoms with E-state index < -0.39 is 5.41 Å². The number of pyridine rings is 1. The molecule has 5 rings (SSSR count). The molecule has 0 bridgehead atoms. The molecule has 0 atom stereocenters. The van der Waals surface area contributed by atoms with E-state index in [-0.39, 0.29) is 5.91 Å². The second-order valence-corrected chi connectivity index (χ2v) is 9.64. The first-order chi connectivity index (χ1) is 16.7. The fraction of sp³-hybridized carbons (Fsp3) is 0.417. The molecule has 1 amide bonds. The van der Waals surface area contributed by atoms with Gasteiger partial charge in [0.05, 0.1) is 35.8 Å². The maximum absolute atomic E-state index is 13.5. The molecule has 3 heterocycles. The fourth-order valence-electron chi connectivity index (χ4n) is 4.13. The molecule has 2 aliphatic carbocycles. The molecule has 3 aromatic rings. The first kappa shape index (κ1) is 22.5. The Bertz CT molecular complexity index is 1150. The van der Waals surface area contributed by atoms with E-state index in [1.807, 2.05) is 19.1 Å². The Hall–Kier alpha value is -3.27. The van der Waals surface area contributed by atoms with Crippen molar-refractivity contribution in [2.75, 3.05) is 16.6 Å². The van der Waals surface area contributed by atoms with Crippen molar-refractivity contribution in [2.45, 2.75) is 56.1 Å². The third kappa shape index (κ3) is 4.96. The van der Waals surface area contributed by atoms with E-state index in [4.69, 9.17) is 9.72 Å². The standard InChI is InChI=1S/C24H27N7O2S/c1-2-33-21-15-25-14-18(28-21)16-5-8-20(27-13-16)30-22(32)24(10-3-4-11-24)19-9-12-26-23(29-19)31-34-17-6-7-17/h5,8-9,12-15,17H,2-4,6-7,10-11H2,1H3,(H,26,29,31)(H,27,30,32). The van der Waals surface area contributed by atoms with Gasteiger partial charge in [-0.3, -0.25) is 14.5 Å². The van der Waals surface area contributed by atoms with Gasteiger partial charge >= 0.3 is 0 Å². The Balaban J connectivity index is 1.32. The minimum atomic E-state index is -0.679. The van der Waals surface area contributed by atoms with Gasteiger partial charge in [-0.15, -0.1) is 0 Å². The van der Waals surface area contributed by atoms with Crippen LogP contribution in [0.2, 0.25) is 0 Å². The van der Waals surface area contributed by atoms with Crippen molar-refractivity contribution < 1.29 is 9.53 Å². The zero-order valence-electron chi connectivity index (χ0n) is 19.0. The third-order valence-corrected chi connectivity index (χ3v) is 7.19. The monoisotopic (exact) mass is 477 g/mol. The Morgan fingerprint density at radius 2 is 1.97 bits per heavy atom. The highest BCUT2D eigenvalue weighted by molar-refractivity contribution is 8.01. The van der Waals surface area contributed by atoms with E-state index in [0.717, 1.165) is 36.9 Å².